The first-order valence-electron chi connectivity index (χ1n) is 14.0. The van der Waals surface area contributed by atoms with E-state index in [-0.39, 0.29) is 12.6 Å². The van der Waals surface area contributed by atoms with Crippen LogP contribution in [-0.2, 0) is 6.61 Å². The van der Waals surface area contributed by atoms with Crippen molar-refractivity contribution in [2.24, 2.45) is 10.9 Å². The summed E-state index contributed by atoms with van der Waals surface area (Å²) in [4.78, 5) is 4.72. The molecule has 0 spiro atoms. The van der Waals surface area contributed by atoms with Crippen LogP contribution in [0.2, 0.25) is 10.0 Å². The standard InChI is InChI=1S/C35H32Cl2N2O2/c1-3-40-33-19-23(18-31(37)35(33)41-21-25-7-4-5-10-30(25)36)20-38-26-14-12-24(13-15-26)34-28-9-6-8-27(28)29-17-22(2)11-16-32(29)39-34/h4-8,10-20,27-28,34,39H,3,9,21H2,1-2H3/t27-,28+,34+/m1/s1. The number of hydrogen-bond acceptors (Lipinski definition) is 4. The van der Waals surface area contributed by atoms with E-state index < -0.39 is 0 Å². The molecule has 1 aliphatic carbocycles. The van der Waals surface area contributed by atoms with Gasteiger partial charge in [-0.3, -0.25) is 4.99 Å². The van der Waals surface area contributed by atoms with Gasteiger partial charge in [-0.05, 0) is 79.3 Å². The van der Waals surface area contributed by atoms with Crippen LogP contribution >= 0.6 is 23.2 Å². The third-order valence-electron chi connectivity index (χ3n) is 7.79. The summed E-state index contributed by atoms with van der Waals surface area (Å²) in [6, 6.07) is 26.8. The Morgan fingerprint density at radius 1 is 0.951 bits per heavy atom. The van der Waals surface area contributed by atoms with E-state index in [9.17, 15) is 0 Å². The van der Waals surface area contributed by atoms with Crippen LogP contribution in [0, 0.1) is 12.8 Å². The predicted octanol–water partition coefficient (Wildman–Crippen LogP) is 9.86. The van der Waals surface area contributed by atoms with Gasteiger partial charge in [0.15, 0.2) is 11.5 Å². The van der Waals surface area contributed by atoms with Gasteiger partial charge in [-0.1, -0.05) is 83.4 Å². The zero-order chi connectivity index (χ0) is 28.3. The molecular formula is C35H32Cl2N2O2. The van der Waals surface area contributed by atoms with Crippen molar-refractivity contribution in [3.05, 3.63) is 129 Å². The van der Waals surface area contributed by atoms with Crippen molar-refractivity contribution in [2.75, 3.05) is 11.9 Å². The largest absolute Gasteiger partial charge is 0.490 e. The fourth-order valence-corrected chi connectivity index (χ4v) is 6.26. The van der Waals surface area contributed by atoms with Crippen molar-refractivity contribution in [1.82, 2.24) is 0 Å². The summed E-state index contributed by atoms with van der Waals surface area (Å²) in [7, 11) is 0. The maximum absolute atomic E-state index is 6.64. The molecule has 4 aromatic rings. The van der Waals surface area contributed by atoms with Crippen molar-refractivity contribution in [3.63, 3.8) is 0 Å². The fourth-order valence-electron chi connectivity index (χ4n) is 5.79. The molecule has 1 N–H and O–H groups in total. The van der Waals surface area contributed by atoms with Crippen LogP contribution in [0.1, 0.15) is 53.1 Å². The lowest BCUT2D eigenvalue weighted by molar-refractivity contribution is 0.269. The maximum atomic E-state index is 6.64. The first-order chi connectivity index (χ1) is 20.0. The van der Waals surface area contributed by atoms with Crippen molar-refractivity contribution < 1.29 is 9.47 Å². The maximum Gasteiger partial charge on any atom is 0.180 e. The monoisotopic (exact) mass is 582 g/mol. The molecule has 0 saturated carbocycles. The molecule has 41 heavy (non-hydrogen) atoms. The van der Waals surface area contributed by atoms with Crippen molar-refractivity contribution in [1.29, 1.82) is 0 Å². The Kier molecular flexibility index (Phi) is 8.04. The summed E-state index contributed by atoms with van der Waals surface area (Å²) in [5.74, 6) is 2.03. The lowest BCUT2D eigenvalue weighted by Crippen LogP contribution is -2.29. The van der Waals surface area contributed by atoms with Gasteiger partial charge in [-0.25, -0.2) is 0 Å². The van der Waals surface area contributed by atoms with Crippen LogP contribution in [0.15, 0.2) is 96.0 Å². The Hall–Kier alpha value is -3.73. The van der Waals surface area contributed by atoms with E-state index in [0.29, 0.717) is 40.0 Å². The molecule has 0 fully saturated rings. The Morgan fingerprint density at radius 2 is 1.78 bits per heavy atom. The molecule has 0 saturated heterocycles. The Labute approximate surface area is 251 Å². The Balaban J connectivity index is 1.18. The first kappa shape index (κ1) is 27.4. The van der Waals surface area contributed by atoms with Crippen molar-refractivity contribution >= 4 is 40.8 Å². The van der Waals surface area contributed by atoms with E-state index >= 15 is 0 Å². The summed E-state index contributed by atoms with van der Waals surface area (Å²) in [6.07, 6.45) is 7.59. The second-order valence-electron chi connectivity index (χ2n) is 10.6. The van der Waals surface area contributed by atoms with E-state index in [0.717, 1.165) is 23.2 Å². The number of benzene rings is 4. The van der Waals surface area contributed by atoms with E-state index in [1.54, 1.807) is 6.21 Å². The first-order valence-corrected chi connectivity index (χ1v) is 14.8. The van der Waals surface area contributed by atoms with Crippen molar-refractivity contribution in [3.8, 4) is 11.5 Å². The van der Waals surface area contributed by atoms with E-state index in [4.69, 9.17) is 37.7 Å². The van der Waals surface area contributed by atoms with E-state index in [1.807, 2.05) is 43.3 Å². The smallest absolute Gasteiger partial charge is 0.180 e. The van der Waals surface area contributed by atoms with Gasteiger partial charge < -0.3 is 14.8 Å². The molecule has 1 aliphatic heterocycles. The number of aryl methyl sites for hydroxylation is 1. The number of rotatable bonds is 8. The number of hydrogen-bond donors (Lipinski definition) is 1. The van der Waals surface area contributed by atoms with Gasteiger partial charge in [0, 0.05) is 28.4 Å². The number of allylic oxidation sites excluding steroid dienone is 2. The second kappa shape index (κ2) is 12.0. The third-order valence-corrected chi connectivity index (χ3v) is 8.44. The molecule has 3 atom stereocenters. The van der Waals surface area contributed by atoms with E-state index in [1.165, 1.54) is 22.4 Å². The number of nitrogens with one attached hydrogen (secondary N) is 1. The molecule has 6 rings (SSSR count). The van der Waals surface area contributed by atoms with Gasteiger partial charge in [0.1, 0.15) is 6.61 Å². The topological polar surface area (TPSA) is 42.8 Å². The highest BCUT2D eigenvalue weighted by Gasteiger charge is 2.37. The average molecular weight is 584 g/mol. The molecule has 0 bridgehead atoms. The van der Waals surface area contributed by atoms with E-state index in [2.05, 4.69) is 66.9 Å². The van der Waals surface area contributed by atoms with Crippen molar-refractivity contribution in [2.45, 2.75) is 38.8 Å². The lowest BCUT2D eigenvalue weighted by Gasteiger charge is -2.37. The molecule has 6 heteroatoms. The highest BCUT2D eigenvalue weighted by molar-refractivity contribution is 6.32. The molecule has 1 heterocycles. The third kappa shape index (κ3) is 5.86. The number of aliphatic imine (C=N–C) groups is 1. The summed E-state index contributed by atoms with van der Waals surface area (Å²) < 4.78 is 11.9. The fraction of sp³-hybridized carbons (Fsp3) is 0.229. The highest BCUT2D eigenvalue weighted by Crippen LogP contribution is 2.50. The van der Waals surface area contributed by atoms with Crippen LogP contribution in [-0.4, -0.2) is 12.8 Å². The normalized spacial score (nSPS) is 19.1. The minimum Gasteiger partial charge on any atom is -0.490 e. The zero-order valence-corrected chi connectivity index (χ0v) is 24.6. The summed E-state index contributed by atoms with van der Waals surface area (Å²) >= 11 is 12.9. The summed E-state index contributed by atoms with van der Waals surface area (Å²) in [5, 5.41) is 4.92. The Morgan fingerprint density at radius 3 is 2.59 bits per heavy atom. The zero-order valence-electron chi connectivity index (χ0n) is 23.1. The molecule has 0 radical (unpaired) electrons. The van der Waals surface area contributed by atoms with Gasteiger partial charge in [0.05, 0.1) is 23.4 Å². The number of nitrogens with zero attached hydrogens (tertiary/aromatic N) is 1. The van der Waals surface area contributed by atoms with Crippen LogP contribution in [0.5, 0.6) is 11.5 Å². The van der Waals surface area contributed by atoms with Gasteiger partial charge in [-0.2, -0.15) is 0 Å². The lowest BCUT2D eigenvalue weighted by atomic mass is 9.76. The van der Waals surface area contributed by atoms with Crippen LogP contribution < -0.4 is 14.8 Å². The quantitative estimate of drug-likeness (QED) is 0.166. The number of fused-ring (bicyclic) bond motifs is 3. The number of ether oxygens (including phenoxy) is 2. The SMILES string of the molecule is CCOc1cc(C=Nc2ccc([C@@H]3Nc4ccc(C)cc4[C@@H]4C=CC[C@@H]43)cc2)cc(Cl)c1OCc1ccccc1Cl. The Bertz CT molecular complexity index is 1610. The summed E-state index contributed by atoms with van der Waals surface area (Å²) in [6.45, 7) is 4.86. The number of anilines is 1. The van der Waals surface area contributed by atoms with Gasteiger partial charge in [-0.15, -0.1) is 0 Å². The molecule has 208 valence electrons. The number of halogens is 2. The molecular weight excluding hydrogens is 551 g/mol. The van der Waals surface area contributed by atoms with Crippen LogP contribution in [0.25, 0.3) is 0 Å². The molecule has 0 amide bonds. The van der Waals surface area contributed by atoms with Gasteiger partial charge in [0.25, 0.3) is 0 Å². The van der Waals surface area contributed by atoms with Crippen LogP contribution in [0.3, 0.4) is 0 Å². The highest BCUT2D eigenvalue weighted by atomic mass is 35.5. The van der Waals surface area contributed by atoms with Gasteiger partial charge in [0.2, 0.25) is 0 Å². The molecule has 4 aromatic carbocycles. The minimum absolute atomic E-state index is 0.258. The summed E-state index contributed by atoms with van der Waals surface area (Å²) in [5.41, 5.74) is 7.80. The molecule has 0 aromatic heterocycles. The van der Waals surface area contributed by atoms with Gasteiger partial charge >= 0.3 is 0 Å². The predicted molar refractivity (Wildman–Crippen MR) is 170 cm³/mol. The molecule has 0 unspecified atom stereocenters. The second-order valence-corrected chi connectivity index (χ2v) is 11.4. The molecule has 4 nitrogen and oxygen atoms in total. The minimum atomic E-state index is 0.258. The molecule has 2 aliphatic rings. The van der Waals surface area contributed by atoms with Crippen LogP contribution in [0.4, 0.5) is 11.4 Å². The average Bonchev–Trinajstić information content (AvgIpc) is 3.47.